The topological polar surface area (TPSA) is 104 Å². The number of β-lactam (4-membered cyclic amide) rings is 1. The lowest BCUT2D eigenvalue weighted by Crippen LogP contribution is -2.73. The summed E-state index contributed by atoms with van der Waals surface area (Å²) in [5, 5.41) is 9.36. The molecule has 3 unspecified atom stereocenters. The second-order valence-corrected chi connectivity index (χ2v) is 7.03. The van der Waals surface area contributed by atoms with Gasteiger partial charge in [0.25, 0.3) is 12.4 Å². The molecular weight excluding hydrogens is 387 g/mol. The lowest BCUT2D eigenvalue weighted by molar-refractivity contribution is -0.168. The molecule has 1 heterocycles. The maximum Gasteiger partial charge on any atom is 0.330 e. The number of alkyl halides is 2. The Morgan fingerprint density at radius 3 is 2.42 bits per heavy atom. The minimum atomic E-state index is -1.33. The van der Waals surface area contributed by atoms with E-state index in [0.29, 0.717) is 38.6 Å². The van der Waals surface area contributed by atoms with E-state index >= 15 is 0 Å². The molecule has 1 saturated carbocycles. The number of amides is 2. The molecule has 3 atom stereocenters. The van der Waals surface area contributed by atoms with Crippen LogP contribution in [0.5, 0.6) is 0 Å². The van der Waals surface area contributed by atoms with Crippen LogP contribution in [0.15, 0.2) is 12.2 Å². The molecule has 1 saturated heterocycles. The molecular formula is C16H20Cl2N2O6. The molecule has 0 bridgehead atoms. The van der Waals surface area contributed by atoms with E-state index in [1.165, 1.54) is 4.90 Å². The van der Waals surface area contributed by atoms with E-state index in [0.717, 1.165) is 4.90 Å². The van der Waals surface area contributed by atoms with Gasteiger partial charge in [-0.3, -0.25) is 14.4 Å². The first-order chi connectivity index (χ1) is 12.4. The number of carboxylic acid groups (broad SMARTS) is 1. The predicted octanol–water partition coefficient (Wildman–Crippen LogP) is 0.953. The lowest BCUT2D eigenvalue weighted by Gasteiger charge is -2.52. The van der Waals surface area contributed by atoms with Crippen LogP contribution < -0.4 is 0 Å². The van der Waals surface area contributed by atoms with Crippen LogP contribution in [0.2, 0.25) is 0 Å². The molecule has 8 nitrogen and oxygen atoms in total. The van der Waals surface area contributed by atoms with Crippen LogP contribution in [-0.4, -0.2) is 75.3 Å². The number of hydrogen-bond donors (Lipinski definition) is 1. The Morgan fingerprint density at radius 2 is 2.00 bits per heavy atom. The van der Waals surface area contributed by atoms with Gasteiger partial charge in [-0.15, -0.1) is 11.6 Å². The molecule has 144 valence electrons. The van der Waals surface area contributed by atoms with E-state index < -0.39 is 29.5 Å². The number of aliphatic carboxylic acids is 1. The smallest absolute Gasteiger partial charge is 0.330 e. The quantitative estimate of drug-likeness (QED) is 0.201. The SMILES string of the molecule is C=C(CCl)C(C(=O)O)N1C(=O)C(N(C=O)C2CCC(OC=O)CC2)C1Cl. The Balaban J connectivity index is 2.08. The summed E-state index contributed by atoms with van der Waals surface area (Å²) in [5.41, 5.74) is -0.849. The lowest BCUT2D eigenvalue weighted by atomic mass is 9.89. The predicted molar refractivity (Wildman–Crippen MR) is 92.7 cm³/mol. The molecule has 2 aliphatic rings. The number of rotatable bonds is 9. The molecule has 2 amide bonds. The van der Waals surface area contributed by atoms with E-state index in [-0.39, 0.29) is 23.6 Å². The highest BCUT2D eigenvalue weighted by Crippen LogP contribution is 2.36. The van der Waals surface area contributed by atoms with Crippen molar-refractivity contribution in [2.45, 2.75) is 55.4 Å². The zero-order chi connectivity index (χ0) is 19.4. The second-order valence-electron chi connectivity index (χ2n) is 6.31. The Hall–Kier alpha value is -1.80. The van der Waals surface area contributed by atoms with Crippen LogP contribution in [0, 0.1) is 0 Å². The number of carbonyl (C=O) groups excluding carboxylic acids is 3. The molecule has 0 radical (unpaired) electrons. The fourth-order valence-electron chi connectivity index (χ4n) is 3.50. The van der Waals surface area contributed by atoms with Gasteiger partial charge >= 0.3 is 5.97 Å². The van der Waals surface area contributed by atoms with Gasteiger partial charge in [-0.2, -0.15) is 0 Å². The summed E-state index contributed by atoms with van der Waals surface area (Å²) in [6.07, 6.45) is 2.63. The van der Waals surface area contributed by atoms with Gasteiger partial charge in [0, 0.05) is 11.9 Å². The fraction of sp³-hybridized carbons (Fsp3) is 0.625. The van der Waals surface area contributed by atoms with Crippen LogP contribution in [-0.2, 0) is 23.9 Å². The third-order valence-corrected chi connectivity index (χ3v) is 5.65. The number of carbonyl (C=O) groups is 4. The van der Waals surface area contributed by atoms with Gasteiger partial charge in [-0.25, -0.2) is 4.79 Å². The molecule has 0 aromatic rings. The minimum absolute atomic E-state index is 0.132. The summed E-state index contributed by atoms with van der Waals surface area (Å²) in [4.78, 5) is 48.4. The van der Waals surface area contributed by atoms with Gasteiger partial charge in [0.2, 0.25) is 6.41 Å². The molecule has 1 aliphatic heterocycles. The number of hydrogen-bond acceptors (Lipinski definition) is 5. The Labute approximate surface area is 160 Å². The van der Waals surface area contributed by atoms with Crippen molar-refractivity contribution in [1.29, 1.82) is 0 Å². The van der Waals surface area contributed by atoms with Crippen molar-refractivity contribution in [2.75, 3.05) is 5.88 Å². The number of halogens is 2. The van der Waals surface area contributed by atoms with Gasteiger partial charge in [0.05, 0.1) is 0 Å². The van der Waals surface area contributed by atoms with Crippen molar-refractivity contribution in [3.05, 3.63) is 12.2 Å². The molecule has 26 heavy (non-hydrogen) atoms. The number of likely N-dealkylation sites (tertiary alicyclic amines) is 1. The van der Waals surface area contributed by atoms with Gasteiger partial charge in [0.1, 0.15) is 17.6 Å². The van der Waals surface area contributed by atoms with Crippen LogP contribution in [0.1, 0.15) is 25.7 Å². The van der Waals surface area contributed by atoms with E-state index in [2.05, 4.69) is 6.58 Å². The van der Waals surface area contributed by atoms with Crippen LogP contribution in [0.25, 0.3) is 0 Å². The summed E-state index contributed by atoms with van der Waals surface area (Å²) in [6.45, 7) is 3.98. The van der Waals surface area contributed by atoms with Crippen LogP contribution >= 0.6 is 23.2 Å². The Morgan fingerprint density at radius 1 is 1.38 bits per heavy atom. The normalized spacial score (nSPS) is 29.3. The molecule has 10 heteroatoms. The van der Waals surface area contributed by atoms with Gasteiger partial charge < -0.3 is 19.6 Å². The summed E-state index contributed by atoms with van der Waals surface area (Å²) >= 11 is 11.9. The van der Waals surface area contributed by atoms with Crippen molar-refractivity contribution in [3.63, 3.8) is 0 Å². The van der Waals surface area contributed by atoms with Gasteiger partial charge in [0.15, 0.2) is 6.04 Å². The number of ether oxygens (including phenoxy) is 1. The van der Waals surface area contributed by atoms with E-state index in [9.17, 15) is 24.3 Å². The third-order valence-electron chi connectivity index (χ3n) is 4.86. The van der Waals surface area contributed by atoms with Gasteiger partial charge in [-0.05, 0) is 31.3 Å². The average molecular weight is 407 g/mol. The van der Waals surface area contributed by atoms with Crippen molar-refractivity contribution in [2.24, 2.45) is 0 Å². The molecule has 2 fully saturated rings. The van der Waals surface area contributed by atoms with Crippen molar-refractivity contribution in [3.8, 4) is 0 Å². The van der Waals surface area contributed by atoms with Crippen molar-refractivity contribution >= 4 is 48.0 Å². The van der Waals surface area contributed by atoms with Crippen molar-refractivity contribution < 1.29 is 29.0 Å². The first-order valence-corrected chi connectivity index (χ1v) is 9.09. The van der Waals surface area contributed by atoms with E-state index in [4.69, 9.17) is 27.9 Å². The highest BCUT2D eigenvalue weighted by atomic mass is 35.5. The van der Waals surface area contributed by atoms with E-state index in [1.54, 1.807) is 0 Å². The fourth-order valence-corrected chi connectivity index (χ4v) is 4.09. The Kier molecular flexibility index (Phi) is 6.88. The molecule has 1 N–H and O–H groups in total. The van der Waals surface area contributed by atoms with E-state index in [1.807, 2.05) is 0 Å². The average Bonchev–Trinajstić information content (AvgIpc) is 2.63. The standard InChI is InChI=1S/C16H20Cl2N2O6/c1-9(6-17)12(16(24)25)20-14(18)13(15(20)23)19(7-21)10-2-4-11(5-3-10)26-8-22/h7-8,10-14H,1-6H2,(H,24,25). The van der Waals surface area contributed by atoms with Gasteiger partial charge in [-0.1, -0.05) is 18.2 Å². The number of nitrogens with zero attached hydrogens (tertiary/aromatic N) is 2. The third kappa shape index (κ3) is 3.81. The maximum atomic E-state index is 12.6. The summed E-state index contributed by atoms with van der Waals surface area (Å²) in [7, 11) is 0. The zero-order valence-corrected chi connectivity index (χ0v) is 15.4. The highest BCUT2D eigenvalue weighted by Gasteiger charge is 2.55. The molecule has 0 aromatic heterocycles. The zero-order valence-electron chi connectivity index (χ0n) is 13.9. The first-order valence-electron chi connectivity index (χ1n) is 8.11. The van der Waals surface area contributed by atoms with Crippen LogP contribution in [0.4, 0.5) is 0 Å². The molecule has 1 aliphatic carbocycles. The van der Waals surface area contributed by atoms with Crippen molar-refractivity contribution in [1.82, 2.24) is 9.80 Å². The second kappa shape index (κ2) is 8.73. The molecule has 0 spiro atoms. The highest BCUT2D eigenvalue weighted by molar-refractivity contribution is 6.27. The molecule has 0 aromatic carbocycles. The summed E-state index contributed by atoms with van der Waals surface area (Å²) in [6, 6.07) is -2.49. The largest absolute Gasteiger partial charge is 0.479 e. The summed E-state index contributed by atoms with van der Waals surface area (Å²) in [5.74, 6) is -1.97. The first kappa shape index (κ1) is 20.5. The monoisotopic (exact) mass is 406 g/mol. The van der Waals surface area contributed by atoms with Crippen LogP contribution in [0.3, 0.4) is 0 Å². The Bertz CT molecular complexity index is 593. The summed E-state index contributed by atoms with van der Waals surface area (Å²) < 4.78 is 4.93. The maximum absolute atomic E-state index is 12.6. The number of carboxylic acids is 1. The molecule has 2 rings (SSSR count). The minimum Gasteiger partial charge on any atom is -0.479 e.